The fourth-order valence-corrected chi connectivity index (χ4v) is 3.29. The summed E-state index contributed by atoms with van der Waals surface area (Å²) in [5, 5.41) is 14.4. The number of hydrogen-bond acceptors (Lipinski definition) is 5. The van der Waals surface area contributed by atoms with Gasteiger partial charge in [-0.25, -0.2) is 4.98 Å². The van der Waals surface area contributed by atoms with E-state index in [1.54, 1.807) is 17.0 Å². The summed E-state index contributed by atoms with van der Waals surface area (Å²) < 4.78 is 38.6. The molecule has 1 amide bonds. The Balaban J connectivity index is 1.68. The van der Waals surface area contributed by atoms with E-state index in [-0.39, 0.29) is 17.5 Å². The molecule has 154 valence electrons. The van der Waals surface area contributed by atoms with E-state index in [4.69, 9.17) is 11.6 Å². The highest BCUT2D eigenvalue weighted by Gasteiger charge is 2.35. The summed E-state index contributed by atoms with van der Waals surface area (Å²) in [5.74, 6) is -0.209. The lowest BCUT2D eigenvalue weighted by molar-refractivity contribution is -0.384. The number of nitrogens with zero attached hydrogens (tertiary/aromatic N) is 3. The van der Waals surface area contributed by atoms with Crippen molar-refractivity contribution in [3.05, 3.63) is 57.2 Å². The van der Waals surface area contributed by atoms with Gasteiger partial charge >= 0.3 is 6.18 Å². The molecule has 1 aliphatic rings. The van der Waals surface area contributed by atoms with Gasteiger partial charge in [-0.3, -0.25) is 14.9 Å². The first-order valence-corrected chi connectivity index (χ1v) is 9.06. The van der Waals surface area contributed by atoms with Gasteiger partial charge in [0, 0.05) is 31.3 Å². The molecule has 0 radical (unpaired) electrons. The third kappa shape index (κ3) is 4.94. The minimum absolute atomic E-state index is 0.112. The average molecular weight is 429 g/mol. The van der Waals surface area contributed by atoms with Crippen LogP contribution >= 0.6 is 11.6 Å². The molecule has 3 rings (SSSR count). The second-order valence-corrected chi connectivity index (χ2v) is 7.01. The van der Waals surface area contributed by atoms with Crippen LogP contribution in [-0.4, -0.2) is 28.9 Å². The first-order chi connectivity index (χ1) is 13.6. The Labute approximate surface area is 168 Å². The Kier molecular flexibility index (Phi) is 5.92. The van der Waals surface area contributed by atoms with Crippen molar-refractivity contribution >= 4 is 34.7 Å². The van der Waals surface area contributed by atoms with Crippen molar-refractivity contribution in [2.75, 3.05) is 23.3 Å². The SMILES string of the molecule is O=C(Nc1ccc(Cl)cn1)C1CCN(c2ccc(C(F)(F)F)cc2[N+](=O)[O-])CC1. The van der Waals surface area contributed by atoms with Crippen LogP contribution in [0.25, 0.3) is 0 Å². The number of alkyl halides is 3. The minimum Gasteiger partial charge on any atom is -0.366 e. The summed E-state index contributed by atoms with van der Waals surface area (Å²) in [7, 11) is 0. The fraction of sp³-hybridized carbons (Fsp3) is 0.333. The minimum atomic E-state index is -4.66. The number of pyridine rings is 1. The van der Waals surface area contributed by atoms with Crippen LogP contribution in [0, 0.1) is 16.0 Å². The van der Waals surface area contributed by atoms with Crippen LogP contribution in [0.1, 0.15) is 18.4 Å². The lowest BCUT2D eigenvalue weighted by atomic mass is 9.95. The second-order valence-electron chi connectivity index (χ2n) is 6.57. The van der Waals surface area contributed by atoms with Crippen LogP contribution in [0.3, 0.4) is 0 Å². The molecule has 0 unspecified atom stereocenters. The van der Waals surface area contributed by atoms with Crippen molar-refractivity contribution < 1.29 is 22.9 Å². The lowest BCUT2D eigenvalue weighted by Gasteiger charge is -2.32. The van der Waals surface area contributed by atoms with Crippen LogP contribution in [0.4, 0.5) is 30.4 Å². The highest BCUT2D eigenvalue weighted by Crippen LogP contribution is 2.37. The number of nitro benzene ring substituents is 1. The van der Waals surface area contributed by atoms with E-state index in [1.165, 1.54) is 6.20 Å². The highest BCUT2D eigenvalue weighted by atomic mass is 35.5. The number of hydrogen-bond donors (Lipinski definition) is 1. The van der Waals surface area contributed by atoms with E-state index in [9.17, 15) is 28.1 Å². The van der Waals surface area contributed by atoms with Gasteiger partial charge in [0.1, 0.15) is 11.5 Å². The monoisotopic (exact) mass is 428 g/mol. The van der Waals surface area contributed by atoms with Crippen molar-refractivity contribution in [1.29, 1.82) is 0 Å². The predicted octanol–water partition coefficient (Wildman–Crippen LogP) is 4.52. The Bertz CT molecular complexity index is 914. The Morgan fingerprint density at radius 1 is 1.24 bits per heavy atom. The van der Waals surface area contributed by atoms with Crippen molar-refractivity contribution in [3.8, 4) is 0 Å². The van der Waals surface area contributed by atoms with Crippen LogP contribution < -0.4 is 10.2 Å². The molecular weight excluding hydrogens is 413 g/mol. The van der Waals surface area contributed by atoms with E-state index in [0.29, 0.717) is 42.8 Å². The number of aromatic nitrogens is 1. The molecule has 0 saturated carbocycles. The molecule has 1 saturated heterocycles. The number of anilines is 2. The summed E-state index contributed by atoms with van der Waals surface area (Å²) in [6, 6.07) is 5.64. The maximum atomic E-state index is 12.9. The highest BCUT2D eigenvalue weighted by molar-refractivity contribution is 6.30. The van der Waals surface area contributed by atoms with Crippen LogP contribution in [0.5, 0.6) is 0 Å². The fourth-order valence-electron chi connectivity index (χ4n) is 3.17. The van der Waals surface area contributed by atoms with Gasteiger partial charge in [0.2, 0.25) is 5.91 Å². The van der Waals surface area contributed by atoms with Crippen LogP contribution in [-0.2, 0) is 11.0 Å². The third-order valence-electron chi connectivity index (χ3n) is 4.68. The second kappa shape index (κ2) is 8.24. The maximum Gasteiger partial charge on any atom is 0.416 e. The van der Waals surface area contributed by atoms with Gasteiger partial charge in [0.15, 0.2) is 0 Å². The molecule has 1 fully saturated rings. The van der Waals surface area contributed by atoms with E-state index >= 15 is 0 Å². The van der Waals surface area contributed by atoms with Gasteiger partial charge in [0.05, 0.1) is 15.5 Å². The summed E-state index contributed by atoms with van der Waals surface area (Å²) in [6.07, 6.45) is -2.46. The number of piperidine rings is 1. The van der Waals surface area contributed by atoms with Crippen molar-refractivity contribution in [2.24, 2.45) is 5.92 Å². The molecule has 1 N–H and O–H groups in total. The number of nitro groups is 1. The molecule has 0 bridgehead atoms. The molecule has 11 heteroatoms. The van der Waals surface area contributed by atoms with Crippen molar-refractivity contribution in [2.45, 2.75) is 19.0 Å². The zero-order valence-corrected chi connectivity index (χ0v) is 15.7. The number of benzene rings is 1. The molecule has 1 aliphatic heterocycles. The quantitative estimate of drug-likeness (QED) is 0.571. The van der Waals surface area contributed by atoms with Gasteiger partial charge in [-0.15, -0.1) is 0 Å². The average Bonchev–Trinajstić information content (AvgIpc) is 2.68. The molecule has 1 aromatic heterocycles. The van der Waals surface area contributed by atoms with Gasteiger partial charge in [-0.2, -0.15) is 13.2 Å². The summed E-state index contributed by atoms with van der Waals surface area (Å²) in [6.45, 7) is 0.608. The largest absolute Gasteiger partial charge is 0.416 e. The smallest absolute Gasteiger partial charge is 0.366 e. The number of carbonyl (C=O) groups is 1. The summed E-state index contributed by atoms with van der Waals surface area (Å²) in [4.78, 5) is 28.5. The zero-order chi connectivity index (χ0) is 21.2. The van der Waals surface area contributed by atoms with Gasteiger partial charge in [-0.05, 0) is 37.1 Å². The van der Waals surface area contributed by atoms with Gasteiger partial charge in [0.25, 0.3) is 5.69 Å². The van der Waals surface area contributed by atoms with E-state index in [2.05, 4.69) is 10.3 Å². The molecule has 2 heterocycles. The Morgan fingerprint density at radius 3 is 2.48 bits per heavy atom. The van der Waals surface area contributed by atoms with Crippen LogP contribution in [0.15, 0.2) is 36.5 Å². The molecule has 7 nitrogen and oxygen atoms in total. The normalized spacial score (nSPS) is 15.2. The molecule has 0 atom stereocenters. The van der Waals surface area contributed by atoms with E-state index in [1.807, 2.05) is 0 Å². The molecule has 2 aromatic rings. The van der Waals surface area contributed by atoms with Crippen LogP contribution in [0.2, 0.25) is 5.02 Å². The van der Waals surface area contributed by atoms with Gasteiger partial charge in [-0.1, -0.05) is 11.6 Å². The first kappa shape index (κ1) is 20.8. The maximum absolute atomic E-state index is 12.9. The molecule has 29 heavy (non-hydrogen) atoms. The summed E-state index contributed by atoms with van der Waals surface area (Å²) in [5.41, 5.74) is -1.56. The molecule has 0 aliphatic carbocycles. The lowest BCUT2D eigenvalue weighted by Crippen LogP contribution is -2.38. The predicted molar refractivity (Wildman–Crippen MR) is 101 cm³/mol. The topological polar surface area (TPSA) is 88.4 Å². The summed E-state index contributed by atoms with van der Waals surface area (Å²) >= 11 is 5.75. The third-order valence-corrected chi connectivity index (χ3v) is 4.91. The Hall–Kier alpha value is -2.88. The molecule has 1 aromatic carbocycles. The first-order valence-electron chi connectivity index (χ1n) is 8.68. The number of halogens is 4. The number of rotatable bonds is 4. The molecular formula is C18H16ClF3N4O3. The zero-order valence-electron chi connectivity index (χ0n) is 14.9. The number of carbonyl (C=O) groups excluding carboxylic acids is 1. The van der Waals surface area contributed by atoms with Crippen molar-refractivity contribution in [3.63, 3.8) is 0 Å². The Morgan fingerprint density at radius 2 is 1.93 bits per heavy atom. The van der Waals surface area contributed by atoms with E-state index < -0.39 is 22.4 Å². The van der Waals surface area contributed by atoms with E-state index in [0.717, 1.165) is 12.1 Å². The standard InChI is InChI=1S/C18H16ClF3N4O3/c19-13-2-4-16(23-10-13)24-17(27)11-5-7-25(8-6-11)14-3-1-12(18(20,21)22)9-15(14)26(28)29/h1-4,9-11H,5-8H2,(H,23,24,27). The molecule has 0 spiro atoms. The van der Waals surface area contributed by atoms with Gasteiger partial charge < -0.3 is 10.2 Å². The number of amides is 1. The number of nitrogens with one attached hydrogen (secondary N) is 1. The van der Waals surface area contributed by atoms with Crippen molar-refractivity contribution in [1.82, 2.24) is 4.98 Å².